The summed E-state index contributed by atoms with van der Waals surface area (Å²) >= 11 is 0. The van der Waals surface area contributed by atoms with Crippen LogP contribution in [0.15, 0.2) is 0 Å². The van der Waals surface area contributed by atoms with Gasteiger partial charge >= 0.3 is 11.9 Å². The normalized spacial score (nSPS) is 13.3. The van der Waals surface area contributed by atoms with Crippen LogP contribution in [0.3, 0.4) is 0 Å². The largest absolute Gasteiger partial charge is 0.481 e. The van der Waals surface area contributed by atoms with Gasteiger partial charge in [-0.05, 0) is 33.1 Å². The Morgan fingerprint density at radius 2 is 1.93 bits per heavy atom. The molecule has 4 nitrogen and oxygen atoms in total. The zero-order chi connectivity index (χ0) is 12.1. The smallest absolute Gasteiger partial charge is 0.311 e. The molecule has 0 amide bonds. The van der Waals surface area contributed by atoms with Crippen molar-refractivity contribution in [2.75, 3.05) is 6.61 Å². The summed E-state index contributed by atoms with van der Waals surface area (Å²) in [5, 5.41) is 8.55. The number of carbonyl (C=O) groups is 2. The van der Waals surface area contributed by atoms with Crippen LogP contribution < -0.4 is 0 Å². The van der Waals surface area contributed by atoms with Crippen molar-refractivity contribution in [3.63, 3.8) is 0 Å². The summed E-state index contributed by atoms with van der Waals surface area (Å²) in [7, 11) is 0. The third kappa shape index (κ3) is 4.32. The molecular formula is C11H20O4. The van der Waals surface area contributed by atoms with Gasteiger partial charge in [-0.15, -0.1) is 0 Å². The van der Waals surface area contributed by atoms with E-state index in [1.807, 2.05) is 6.92 Å². The third-order valence-electron chi connectivity index (χ3n) is 2.82. The first kappa shape index (κ1) is 13.9. The fourth-order valence-corrected chi connectivity index (χ4v) is 1.22. The van der Waals surface area contributed by atoms with E-state index in [4.69, 9.17) is 9.84 Å². The summed E-state index contributed by atoms with van der Waals surface area (Å²) in [5.74, 6) is -1.10. The minimum atomic E-state index is -0.832. The molecule has 0 aromatic rings. The molecule has 0 saturated heterocycles. The SMILES string of the molecule is CCOC(=O)C(C)(C)C(C)CCC(=O)O. The topological polar surface area (TPSA) is 63.6 Å². The van der Waals surface area contributed by atoms with Gasteiger partial charge in [0, 0.05) is 6.42 Å². The van der Waals surface area contributed by atoms with E-state index in [9.17, 15) is 9.59 Å². The predicted octanol–water partition coefficient (Wildman–Crippen LogP) is 2.08. The van der Waals surface area contributed by atoms with Crippen molar-refractivity contribution in [2.45, 2.75) is 40.5 Å². The number of ether oxygens (including phenoxy) is 1. The van der Waals surface area contributed by atoms with Crippen LogP contribution in [0.1, 0.15) is 40.5 Å². The highest BCUT2D eigenvalue weighted by Gasteiger charge is 2.35. The molecule has 1 N–H and O–H groups in total. The summed E-state index contributed by atoms with van der Waals surface area (Å²) in [6.07, 6.45) is 0.575. The molecular weight excluding hydrogens is 196 g/mol. The molecule has 0 rings (SSSR count). The lowest BCUT2D eigenvalue weighted by molar-refractivity contribution is -0.157. The fraction of sp³-hybridized carbons (Fsp3) is 0.818. The van der Waals surface area contributed by atoms with E-state index in [1.54, 1.807) is 20.8 Å². The minimum Gasteiger partial charge on any atom is -0.481 e. The van der Waals surface area contributed by atoms with Crippen molar-refractivity contribution < 1.29 is 19.4 Å². The molecule has 0 aromatic heterocycles. The molecule has 0 aromatic carbocycles. The molecule has 1 atom stereocenters. The number of carbonyl (C=O) groups excluding carboxylic acids is 1. The summed E-state index contributed by atoms with van der Waals surface area (Å²) < 4.78 is 4.95. The van der Waals surface area contributed by atoms with Crippen LogP contribution in [0.4, 0.5) is 0 Å². The highest BCUT2D eigenvalue weighted by molar-refractivity contribution is 5.76. The van der Waals surface area contributed by atoms with Crippen LogP contribution in [0.5, 0.6) is 0 Å². The van der Waals surface area contributed by atoms with Crippen LogP contribution in [0.25, 0.3) is 0 Å². The van der Waals surface area contributed by atoms with Crippen molar-refractivity contribution >= 4 is 11.9 Å². The molecule has 0 spiro atoms. The van der Waals surface area contributed by atoms with Crippen LogP contribution in [0.2, 0.25) is 0 Å². The van der Waals surface area contributed by atoms with Gasteiger partial charge in [-0.2, -0.15) is 0 Å². The van der Waals surface area contributed by atoms with Crippen LogP contribution in [-0.4, -0.2) is 23.7 Å². The second kappa shape index (κ2) is 5.73. The Morgan fingerprint density at radius 3 is 2.33 bits per heavy atom. The van der Waals surface area contributed by atoms with Crippen LogP contribution >= 0.6 is 0 Å². The highest BCUT2D eigenvalue weighted by Crippen LogP contribution is 2.31. The number of hydrogen-bond acceptors (Lipinski definition) is 3. The van der Waals surface area contributed by atoms with Crippen LogP contribution in [-0.2, 0) is 14.3 Å². The van der Waals surface area contributed by atoms with E-state index in [0.717, 1.165) is 0 Å². The molecule has 0 aliphatic rings. The Balaban J connectivity index is 4.30. The molecule has 0 radical (unpaired) electrons. The maximum Gasteiger partial charge on any atom is 0.311 e. The highest BCUT2D eigenvalue weighted by atomic mass is 16.5. The van der Waals surface area contributed by atoms with Crippen molar-refractivity contribution in [1.82, 2.24) is 0 Å². The molecule has 0 saturated carbocycles. The second-order valence-electron chi connectivity index (χ2n) is 4.28. The molecule has 88 valence electrons. The quantitative estimate of drug-likeness (QED) is 0.690. The minimum absolute atomic E-state index is 0.00681. The zero-order valence-electron chi connectivity index (χ0n) is 9.87. The van der Waals surface area contributed by atoms with Crippen molar-refractivity contribution in [2.24, 2.45) is 11.3 Å². The maximum absolute atomic E-state index is 11.6. The van der Waals surface area contributed by atoms with Gasteiger partial charge in [0.15, 0.2) is 0 Å². The number of rotatable bonds is 6. The number of esters is 1. The Morgan fingerprint density at radius 1 is 1.40 bits per heavy atom. The first-order valence-corrected chi connectivity index (χ1v) is 5.21. The molecule has 0 bridgehead atoms. The van der Waals surface area contributed by atoms with Gasteiger partial charge in [-0.1, -0.05) is 6.92 Å². The Hall–Kier alpha value is -1.06. The second-order valence-corrected chi connectivity index (χ2v) is 4.28. The number of hydrogen-bond donors (Lipinski definition) is 1. The summed E-state index contributed by atoms with van der Waals surface area (Å²) in [5.41, 5.74) is -0.620. The predicted molar refractivity (Wildman–Crippen MR) is 56.4 cm³/mol. The maximum atomic E-state index is 11.6. The summed E-state index contributed by atoms with van der Waals surface area (Å²) in [6.45, 7) is 7.57. The van der Waals surface area contributed by atoms with Crippen molar-refractivity contribution in [3.05, 3.63) is 0 Å². The van der Waals surface area contributed by atoms with E-state index in [0.29, 0.717) is 13.0 Å². The van der Waals surface area contributed by atoms with E-state index >= 15 is 0 Å². The molecule has 0 heterocycles. The third-order valence-corrected chi connectivity index (χ3v) is 2.82. The van der Waals surface area contributed by atoms with Gasteiger partial charge < -0.3 is 9.84 Å². The van der Waals surface area contributed by atoms with Gasteiger partial charge in [0.25, 0.3) is 0 Å². The number of aliphatic carboxylic acids is 1. The average molecular weight is 216 g/mol. The van der Waals surface area contributed by atoms with Crippen molar-refractivity contribution in [3.8, 4) is 0 Å². The van der Waals surface area contributed by atoms with Gasteiger partial charge in [-0.25, -0.2) is 0 Å². The number of carboxylic acid groups (broad SMARTS) is 1. The number of carboxylic acids is 1. The lowest BCUT2D eigenvalue weighted by atomic mass is 9.77. The molecule has 0 aliphatic carbocycles. The molecule has 4 heteroatoms. The van der Waals surface area contributed by atoms with Gasteiger partial charge in [-0.3, -0.25) is 9.59 Å². The lowest BCUT2D eigenvalue weighted by Crippen LogP contribution is -2.33. The Bertz CT molecular complexity index is 233. The molecule has 15 heavy (non-hydrogen) atoms. The molecule has 0 aliphatic heterocycles. The van der Waals surface area contributed by atoms with E-state index in [-0.39, 0.29) is 18.3 Å². The first-order valence-electron chi connectivity index (χ1n) is 5.21. The summed E-state index contributed by atoms with van der Waals surface area (Å²) in [4.78, 5) is 22.0. The molecule has 0 fully saturated rings. The summed E-state index contributed by atoms with van der Waals surface area (Å²) in [6, 6.07) is 0. The molecule has 1 unspecified atom stereocenters. The fourth-order valence-electron chi connectivity index (χ4n) is 1.22. The monoisotopic (exact) mass is 216 g/mol. The first-order chi connectivity index (χ1) is 6.82. The lowest BCUT2D eigenvalue weighted by Gasteiger charge is -2.28. The van der Waals surface area contributed by atoms with Crippen LogP contribution in [0, 0.1) is 11.3 Å². The van der Waals surface area contributed by atoms with E-state index in [1.165, 1.54) is 0 Å². The van der Waals surface area contributed by atoms with Crippen molar-refractivity contribution in [1.29, 1.82) is 0 Å². The standard InChI is InChI=1S/C11H20O4/c1-5-15-10(14)11(3,4)8(2)6-7-9(12)13/h8H,5-7H2,1-4H3,(H,12,13). The van der Waals surface area contributed by atoms with E-state index < -0.39 is 11.4 Å². The van der Waals surface area contributed by atoms with E-state index in [2.05, 4.69) is 0 Å². The average Bonchev–Trinajstić information content (AvgIpc) is 2.14. The Labute approximate surface area is 90.6 Å². The Kier molecular flexibility index (Phi) is 5.33. The van der Waals surface area contributed by atoms with Gasteiger partial charge in [0.05, 0.1) is 12.0 Å². The van der Waals surface area contributed by atoms with Gasteiger partial charge in [0.1, 0.15) is 0 Å². The zero-order valence-corrected chi connectivity index (χ0v) is 9.87. The van der Waals surface area contributed by atoms with Gasteiger partial charge in [0.2, 0.25) is 0 Å².